The summed E-state index contributed by atoms with van der Waals surface area (Å²) >= 11 is 0. The number of aryl methyl sites for hydroxylation is 2. The fraction of sp³-hybridized carbons (Fsp3) is 0.412. The number of sulfonamides is 1. The van der Waals surface area contributed by atoms with Crippen LogP contribution in [-0.2, 0) is 32.6 Å². The standard InChI is InChI=1S/C34H42FN3O4S/c1-25-19-20-30(22-26(25)2)38(43(3,41)42)21-11-18-33(39)37(24-28-14-7-10-17-31(28)35)32(23-27-12-5-4-6-13-27)34(40)36-29-15-8-9-16-29/h4-7,10,12-14,17,19-20,22,29,32H,8-9,11,15-16,18,21,23-24H2,1-3H3,(H,36,40)/t32-/m1/s1. The van der Waals surface area contributed by atoms with Crippen molar-refractivity contribution in [3.8, 4) is 0 Å². The Morgan fingerprint density at radius 3 is 2.28 bits per heavy atom. The van der Waals surface area contributed by atoms with E-state index in [0.29, 0.717) is 11.3 Å². The summed E-state index contributed by atoms with van der Waals surface area (Å²) in [4.78, 5) is 29.2. The number of halogens is 1. The number of anilines is 1. The molecule has 0 bridgehead atoms. The van der Waals surface area contributed by atoms with Gasteiger partial charge in [0.15, 0.2) is 0 Å². The maximum atomic E-state index is 14.9. The van der Waals surface area contributed by atoms with E-state index in [1.807, 2.05) is 56.3 Å². The van der Waals surface area contributed by atoms with Crippen molar-refractivity contribution < 1.29 is 22.4 Å². The van der Waals surface area contributed by atoms with E-state index in [1.165, 1.54) is 15.3 Å². The molecular weight excluding hydrogens is 565 g/mol. The Morgan fingerprint density at radius 1 is 0.953 bits per heavy atom. The number of nitrogens with zero attached hydrogens (tertiary/aromatic N) is 2. The van der Waals surface area contributed by atoms with Crippen molar-refractivity contribution in [3.05, 3.63) is 101 Å². The molecule has 2 amide bonds. The monoisotopic (exact) mass is 607 g/mol. The van der Waals surface area contributed by atoms with E-state index in [0.717, 1.165) is 48.6 Å². The molecule has 4 rings (SSSR count). The van der Waals surface area contributed by atoms with Crippen molar-refractivity contribution in [2.24, 2.45) is 0 Å². The molecule has 1 fully saturated rings. The Labute approximate surface area is 255 Å². The van der Waals surface area contributed by atoms with E-state index < -0.39 is 21.9 Å². The first-order valence-electron chi connectivity index (χ1n) is 14.9. The van der Waals surface area contributed by atoms with Crippen LogP contribution in [0.2, 0.25) is 0 Å². The third-order valence-electron chi connectivity index (χ3n) is 8.20. The number of hydrogen-bond acceptors (Lipinski definition) is 4. The Morgan fingerprint density at radius 2 is 1.63 bits per heavy atom. The summed E-state index contributed by atoms with van der Waals surface area (Å²) in [6.45, 7) is 3.90. The first-order chi connectivity index (χ1) is 20.5. The lowest BCUT2D eigenvalue weighted by Crippen LogP contribution is -2.52. The molecule has 1 atom stereocenters. The SMILES string of the molecule is Cc1ccc(N(CCCC(=O)N(Cc2ccccc2F)[C@H](Cc2ccccc2)C(=O)NC2CCCC2)S(C)(=O)=O)cc1C. The molecule has 9 heteroatoms. The van der Waals surface area contributed by atoms with Gasteiger partial charge in [-0.1, -0.05) is 67.4 Å². The molecule has 0 aromatic heterocycles. The Balaban J connectivity index is 1.59. The highest BCUT2D eigenvalue weighted by Gasteiger charge is 2.32. The number of carbonyl (C=O) groups is 2. The first kappa shape index (κ1) is 32.2. The van der Waals surface area contributed by atoms with Crippen LogP contribution in [0.3, 0.4) is 0 Å². The third-order valence-corrected chi connectivity index (χ3v) is 9.40. The van der Waals surface area contributed by atoms with Crippen LogP contribution in [0.5, 0.6) is 0 Å². The number of carbonyl (C=O) groups excluding carboxylic acids is 2. The molecule has 1 aliphatic rings. The van der Waals surface area contributed by atoms with Gasteiger partial charge in [0, 0.05) is 37.5 Å². The highest BCUT2D eigenvalue weighted by molar-refractivity contribution is 7.92. The lowest BCUT2D eigenvalue weighted by atomic mass is 10.0. The number of benzene rings is 3. The molecule has 230 valence electrons. The van der Waals surface area contributed by atoms with Gasteiger partial charge >= 0.3 is 0 Å². The van der Waals surface area contributed by atoms with Gasteiger partial charge in [0.25, 0.3) is 0 Å². The molecule has 0 unspecified atom stereocenters. The summed E-state index contributed by atoms with van der Waals surface area (Å²) in [5, 5.41) is 3.15. The Bertz CT molecular complexity index is 1510. The molecule has 0 saturated heterocycles. The van der Waals surface area contributed by atoms with Gasteiger partial charge in [0.1, 0.15) is 11.9 Å². The van der Waals surface area contributed by atoms with Gasteiger partial charge in [-0.05, 0) is 68.0 Å². The predicted octanol–water partition coefficient (Wildman–Crippen LogP) is 5.69. The summed E-state index contributed by atoms with van der Waals surface area (Å²) in [6.07, 6.45) is 5.53. The van der Waals surface area contributed by atoms with Crippen molar-refractivity contribution >= 4 is 27.5 Å². The molecule has 0 aliphatic heterocycles. The zero-order valence-electron chi connectivity index (χ0n) is 25.3. The van der Waals surface area contributed by atoms with Crippen molar-refractivity contribution in [1.29, 1.82) is 0 Å². The van der Waals surface area contributed by atoms with Crippen LogP contribution in [0.15, 0.2) is 72.8 Å². The van der Waals surface area contributed by atoms with Gasteiger partial charge in [-0.15, -0.1) is 0 Å². The van der Waals surface area contributed by atoms with E-state index in [1.54, 1.807) is 24.3 Å². The van der Waals surface area contributed by atoms with Gasteiger partial charge in [0.2, 0.25) is 21.8 Å². The summed E-state index contributed by atoms with van der Waals surface area (Å²) in [6, 6.07) is 20.4. The second-order valence-corrected chi connectivity index (χ2v) is 13.4. The molecule has 7 nitrogen and oxygen atoms in total. The maximum Gasteiger partial charge on any atom is 0.243 e. The first-order valence-corrected chi connectivity index (χ1v) is 16.8. The topological polar surface area (TPSA) is 86.8 Å². The second kappa shape index (κ2) is 14.6. The minimum absolute atomic E-state index is 0.00663. The maximum absolute atomic E-state index is 14.9. The van der Waals surface area contributed by atoms with Gasteiger partial charge in [-0.2, -0.15) is 0 Å². The number of rotatable bonds is 13. The minimum Gasteiger partial charge on any atom is -0.352 e. The van der Waals surface area contributed by atoms with Crippen molar-refractivity contribution in [2.45, 2.75) is 77.4 Å². The zero-order chi connectivity index (χ0) is 31.0. The van der Waals surface area contributed by atoms with Gasteiger partial charge < -0.3 is 10.2 Å². The average Bonchev–Trinajstić information content (AvgIpc) is 3.48. The quantitative estimate of drug-likeness (QED) is 0.271. The lowest BCUT2D eigenvalue weighted by molar-refractivity contribution is -0.141. The summed E-state index contributed by atoms with van der Waals surface area (Å²) in [7, 11) is -3.61. The van der Waals surface area contributed by atoms with Crippen LogP contribution in [0.1, 0.15) is 60.8 Å². The largest absolute Gasteiger partial charge is 0.352 e. The second-order valence-electron chi connectivity index (χ2n) is 11.5. The zero-order valence-corrected chi connectivity index (χ0v) is 26.1. The number of hydrogen-bond donors (Lipinski definition) is 1. The minimum atomic E-state index is -3.61. The molecule has 0 heterocycles. The summed E-state index contributed by atoms with van der Waals surface area (Å²) < 4.78 is 41.6. The molecule has 1 N–H and O–H groups in total. The fourth-order valence-electron chi connectivity index (χ4n) is 5.62. The van der Waals surface area contributed by atoms with Crippen molar-refractivity contribution in [2.75, 3.05) is 17.1 Å². The van der Waals surface area contributed by atoms with Crippen LogP contribution in [-0.4, -0.2) is 50.0 Å². The van der Waals surface area contributed by atoms with Crippen LogP contribution in [0, 0.1) is 19.7 Å². The predicted molar refractivity (Wildman–Crippen MR) is 169 cm³/mol. The highest BCUT2D eigenvalue weighted by atomic mass is 32.2. The normalized spacial score (nSPS) is 14.3. The lowest BCUT2D eigenvalue weighted by Gasteiger charge is -2.33. The van der Waals surface area contributed by atoms with Crippen molar-refractivity contribution in [1.82, 2.24) is 10.2 Å². The fourth-order valence-corrected chi connectivity index (χ4v) is 6.57. The van der Waals surface area contributed by atoms with Gasteiger partial charge in [0.05, 0.1) is 11.9 Å². The summed E-state index contributed by atoms with van der Waals surface area (Å²) in [5.74, 6) is -1.04. The smallest absolute Gasteiger partial charge is 0.243 e. The molecule has 0 radical (unpaired) electrons. The molecule has 43 heavy (non-hydrogen) atoms. The summed E-state index contributed by atoms with van der Waals surface area (Å²) in [5.41, 5.74) is 3.76. The molecule has 3 aromatic carbocycles. The van der Waals surface area contributed by atoms with E-state index >= 15 is 0 Å². The average molecular weight is 608 g/mol. The molecule has 1 saturated carbocycles. The Kier molecular flexibility index (Phi) is 11.0. The molecule has 0 spiro atoms. The van der Waals surface area contributed by atoms with Gasteiger partial charge in [-0.25, -0.2) is 12.8 Å². The number of amides is 2. The van der Waals surface area contributed by atoms with Crippen LogP contribution in [0.25, 0.3) is 0 Å². The van der Waals surface area contributed by atoms with E-state index in [4.69, 9.17) is 0 Å². The van der Waals surface area contributed by atoms with Crippen LogP contribution in [0.4, 0.5) is 10.1 Å². The van der Waals surface area contributed by atoms with E-state index in [-0.39, 0.29) is 50.2 Å². The van der Waals surface area contributed by atoms with Crippen LogP contribution < -0.4 is 9.62 Å². The molecular formula is C34H42FN3O4S. The Hall–Kier alpha value is -3.72. The molecule has 3 aromatic rings. The van der Waals surface area contributed by atoms with Crippen molar-refractivity contribution in [3.63, 3.8) is 0 Å². The molecule has 1 aliphatic carbocycles. The van der Waals surface area contributed by atoms with Crippen LogP contribution >= 0.6 is 0 Å². The third kappa shape index (κ3) is 8.89. The highest BCUT2D eigenvalue weighted by Crippen LogP contribution is 2.24. The van der Waals surface area contributed by atoms with Gasteiger partial charge in [-0.3, -0.25) is 13.9 Å². The van der Waals surface area contributed by atoms with E-state index in [2.05, 4.69) is 5.32 Å². The van der Waals surface area contributed by atoms with E-state index in [9.17, 15) is 22.4 Å². The number of nitrogens with one attached hydrogen (secondary N) is 1.